The monoisotopic (exact) mass is 214 g/mol. The van der Waals surface area contributed by atoms with Crippen LogP contribution in [0.15, 0.2) is 0 Å². The fourth-order valence-corrected chi connectivity index (χ4v) is 1.33. The van der Waals surface area contributed by atoms with Crippen molar-refractivity contribution in [1.82, 2.24) is 4.90 Å². The van der Waals surface area contributed by atoms with Crippen LogP contribution >= 0.6 is 0 Å². The topological polar surface area (TPSA) is 84.6 Å². The molecular formula is C10H18N2O3. The van der Waals surface area contributed by atoms with Crippen LogP contribution in [0.3, 0.4) is 0 Å². The number of aliphatic hydroxyl groups excluding tert-OH is 1. The number of carbonyl (C=O) groups is 1. The van der Waals surface area contributed by atoms with Gasteiger partial charge in [0.25, 0.3) is 0 Å². The largest absolute Gasteiger partial charge is 0.481 e. The molecule has 0 saturated carbocycles. The van der Waals surface area contributed by atoms with Crippen molar-refractivity contribution in [1.29, 1.82) is 5.26 Å². The summed E-state index contributed by atoms with van der Waals surface area (Å²) in [6.45, 7) is 5.27. The maximum atomic E-state index is 10.3. The van der Waals surface area contributed by atoms with Crippen LogP contribution in [0.4, 0.5) is 0 Å². The highest BCUT2D eigenvalue weighted by Gasteiger charge is 2.15. The Morgan fingerprint density at radius 3 is 2.53 bits per heavy atom. The van der Waals surface area contributed by atoms with Gasteiger partial charge in [0.15, 0.2) is 0 Å². The van der Waals surface area contributed by atoms with Crippen molar-refractivity contribution < 1.29 is 15.0 Å². The summed E-state index contributed by atoms with van der Waals surface area (Å²) >= 11 is 0. The van der Waals surface area contributed by atoms with Gasteiger partial charge in [-0.05, 0) is 13.5 Å². The second-order valence-electron chi connectivity index (χ2n) is 3.63. The van der Waals surface area contributed by atoms with Gasteiger partial charge >= 0.3 is 5.97 Å². The van der Waals surface area contributed by atoms with Crippen LogP contribution < -0.4 is 0 Å². The fourth-order valence-electron chi connectivity index (χ4n) is 1.33. The van der Waals surface area contributed by atoms with Gasteiger partial charge in [0.1, 0.15) is 0 Å². The molecule has 0 aliphatic carbocycles. The Balaban J connectivity index is 3.98. The number of carboxylic acids is 1. The maximum Gasteiger partial charge on any atom is 0.306 e. The summed E-state index contributed by atoms with van der Waals surface area (Å²) in [6, 6.07) is 2.10. The number of likely N-dealkylation sites (N-methyl/N-ethyl adjacent to an activating group) is 1. The molecule has 0 heterocycles. The third-order valence-corrected chi connectivity index (χ3v) is 2.08. The lowest BCUT2D eigenvalue weighted by Gasteiger charge is -2.23. The zero-order chi connectivity index (χ0) is 11.8. The summed E-state index contributed by atoms with van der Waals surface area (Å²) in [5, 5.41) is 26.5. The van der Waals surface area contributed by atoms with Gasteiger partial charge in [0, 0.05) is 13.1 Å². The summed E-state index contributed by atoms with van der Waals surface area (Å²) in [4.78, 5) is 12.2. The standard InChI is InChI=1S/C10H18N2O3/c1-3-12(6-8(2)5-11)7-9(13)4-10(14)15/h8-9,13H,3-4,6-7H2,1-2H3,(H,14,15). The molecule has 15 heavy (non-hydrogen) atoms. The van der Waals surface area contributed by atoms with E-state index in [0.29, 0.717) is 19.6 Å². The molecule has 0 aliphatic heterocycles. The Labute approximate surface area is 89.9 Å². The molecule has 0 spiro atoms. The minimum absolute atomic E-state index is 0.109. The van der Waals surface area contributed by atoms with E-state index in [9.17, 15) is 9.90 Å². The summed E-state index contributed by atoms with van der Waals surface area (Å²) in [5.41, 5.74) is 0. The molecule has 2 N–H and O–H groups in total. The molecule has 5 heteroatoms. The molecule has 0 fully saturated rings. The third-order valence-electron chi connectivity index (χ3n) is 2.08. The SMILES string of the molecule is CCN(CC(C)C#N)CC(O)CC(=O)O. The third kappa shape index (κ3) is 6.89. The van der Waals surface area contributed by atoms with E-state index in [4.69, 9.17) is 10.4 Å². The van der Waals surface area contributed by atoms with Gasteiger partial charge in [-0.15, -0.1) is 0 Å². The Kier molecular flexibility index (Phi) is 6.67. The van der Waals surface area contributed by atoms with E-state index in [-0.39, 0.29) is 12.3 Å². The van der Waals surface area contributed by atoms with Crippen LogP contribution in [0.2, 0.25) is 0 Å². The minimum atomic E-state index is -1.01. The quantitative estimate of drug-likeness (QED) is 0.637. The summed E-state index contributed by atoms with van der Waals surface area (Å²) in [7, 11) is 0. The summed E-state index contributed by atoms with van der Waals surface area (Å²) in [5.74, 6) is -1.12. The van der Waals surface area contributed by atoms with Gasteiger partial charge in [-0.1, -0.05) is 6.92 Å². The normalized spacial score (nSPS) is 14.6. The van der Waals surface area contributed by atoms with E-state index >= 15 is 0 Å². The fraction of sp³-hybridized carbons (Fsp3) is 0.800. The van der Waals surface area contributed by atoms with Gasteiger partial charge < -0.3 is 10.2 Å². The zero-order valence-electron chi connectivity index (χ0n) is 9.18. The molecule has 0 saturated heterocycles. The highest BCUT2D eigenvalue weighted by atomic mass is 16.4. The Morgan fingerprint density at radius 2 is 2.13 bits per heavy atom. The molecule has 0 aromatic heterocycles. The van der Waals surface area contributed by atoms with Crippen molar-refractivity contribution in [3.05, 3.63) is 0 Å². The lowest BCUT2D eigenvalue weighted by molar-refractivity contribution is -0.139. The Hall–Kier alpha value is -1.12. The molecule has 0 amide bonds. The number of hydrogen-bond acceptors (Lipinski definition) is 4. The molecule has 0 radical (unpaired) electrons. The second-order valence-corrected chi connectivity index (χ2v) is 3.63. The molecule has 0 aliphatic rings. The second kappa shape index (κ2) is 7.21. The van der Waals surface area contributed by atoms with Crippen molar-refractivity contribution in [3.63, 3.8) is 0 Å². The maximum absolute atomic E-state index is 10.3. The molecular weight excluding hydrogens is 196 g/mol. The van der Waals surface area contributed by atoms with Gasteiger partial charge in [-0.3, -0.25) is 9.69 Å². The first kappa shape index (κ1) is 13.9. The number of nitriles is 1. The highest BCUT2D eigenvalue weighted by molar-refractivity contribution is 5.67. The first-order chi connectivity index (χ1) is 6.99. The predicted molar refractivity (Wildman–Crippen MR) is 55.2 cm³/mol. The Bertz CT molecular complexity index is 237. The zero-order valence-corrected chi connectivity index (χ0v) is 9.18. The molecule has 5 nitrogen and oxygen atoms in total. The summed E-state index contributed by atoms with van der Waals surface area (Å²) < 4.78 is 0. The first-order valence-electron chi connectivity index (χ1n) is 5.01. The van der Waals surface area contributed by atoms with E-state index in [2.05, 4.69) is 6.07 Å². The average Bonchev–Trinajstić information content (AvgIpc) is 2.15. The minimum Gasteiger partial charge on any atom is -0.481 e. The van der Waals surface area contributed by atoms with Crippen molar-refractivity contribution in [2.75, 3.05) is 19.6 Å². The molecule has 0 aromatic carbocycles. The van der Waals surface area contributed by atoms with E-state index in [1.165, 1.54) is 0 Å². The molecule has 86 valence electrons. The van der Waals surface area contributed by atoms with Crippen LogP contribution in [0.1, 0.15) is 20.3 Å². The van der Waals surface area contributed by atoms with Crippen molar-refractivity contribution in [2.45, 2.75) is 26.4 Å². The van der Waals surface area contributed by atoms with Gasteiger partial charge in [-0.2, -0.15) is 5.26 Å². The number of nitrogens with zero attached hydrogens (tertiary/aromatic N) is 2. The average molecular weight is 214 g/mol. The number of rotatable bonds is 7. The van der Waals surface area contributed by atoms with Gasteiger partial charge in [0.05, 0.1) is 24.5 Å². The van der Waals surface area contributed by atoms with Crippen molar-refractivity contribution in [2.24, 2.45) is 5.92 Å². The van der Waals surface area contributed by atoms with Crippen LogP contribution in [-0.2, 0) is 4.79 Å². The van der Waals surface area contributed by atoms with Crippen molar-refractivity contribution >= 4 is 5.97 Å². The van der Waals surface area contributed by atoms with E-state index in [0.717, 1.165) is 0 Å². The molecule has 2 atom stereocenters. The number of aliphatic hydroxyl groups is 1. The molecule has 2 unspecified atom stereocenters. The molecule has 0 aromatic rings. The van der Waals surface area contributed by atoms with Crippen LogP contribution in [0.5, 0.6) is 0 Å². The van der Waals surface area contributed by atoms with E-state index in [1.807, 2.05) is 11.8 Å². The van der Waals surface area contributed by atoms with Crippen LogP contribution in [0, 0.1) is 17.2 Å². The van der Waals surface area contributed by atoms with Crippen molar-refractivity contribution in [3.8, 4) is 6.07 Å². The Morgan fingerprint density at radius 1 is 1.53 bits per heavy atom. The van der Waals surface area contributed by atoms with Gasteiger partial charge in [0.2, 0.25) is 0 Å². The first-order valence-corrected chi connectivity index (χ1v) is 5.01. The lowest BCUT2D eigenvalue weighted by atomic mass is 10.1. The smallest absolute Gasteiger partial charge is 0.306 e. The highest BCUT2D eigenvalue weighted by Crippen LogP contribution is 2.02. The lowest BCUT2D eigenvalue weighted by Crippen LogP contribution is -2.36. The van der Waals surface area contributed by atoms with Gasteiger partial charge in [-0.25, -0.2) is 0 Å². The number of carboxylic acid groups (broad SMARTS) is 1. The van der Waals surface area contributed by atoms with E-state index < -0.39 is 12.1 Å². The van der Waals surface area contributed by atoms with Crippen LogP contribution in [-0.4, -0.2) is 46.8 Å². The molecule has 0 rings (SSSR count). The number of aliphatic carboxylic acids is 1. The predicted octanol–water partition coefficient (Wildman–Crippen LogP) is 0.304. The molecule has 0 bridgehead atoms. The van der Waals surface area contributed by atoms with Crippen LogP contribution in [0.25, 0.3) is 0 Å². The van der Waals surface area contributed by atoms with E-state index in [1.54, 1.807) is 6.92 Å². The number of hydrogen-bond donors (Lipinski definition) is 2. The summed E-state index contributed by atoms with van der Waals surface area (Å²) in [6.07, 6.45) is -1.12.